The minimum absolute atomic E-state index is 0.292. The van der Waals surface area contributed by atoms with Crippen molar-refractivity contribution in [2.45, 2.75) is 19.0 Å². The minimum atomic E-state index is -0.292. The Balaban J connectivity index is 1.96. The van der Waals surface area contributed by atoms with Gasteiger partial charge in [0.1, 0.15) is 0 Å². The molecule has 1 aromatic carbocycles. The molecule has 1 saturated heterocycles. The minimum Gasteiger partial charge on any atom is -0.465 e. The molecule has 1 aliphatic rings. The number of methoxy groups -OCH3 is 1. The highest BCUT2D eigenvalue weighted by molar-refractivity contribution is 5.89. The molecule has 2 N–H and O–H groups in total. The third kappa shape index (κ3) is 3.05. The fourth-order valence-electron chi connectivity index (χ4n) is 2.13. The van der Waals surface area contributed by atoms with Gasteiger partial charge in [0.05, 0.1) is 12.7 Å². The molecule has 92 valence electrons. The molecular weight excluding hydrogens is 216 g/mol. The molecule has 1 unspecified atom stereocenters. The van der Waals surface area contributed by atoms with Crippen LogP contribution in [-0.4, -0.2) is 37.1 Å². The van der Waals surface area contributed by atoms with Gasteiger partial charge < -0.3 is 10.5 Å². The Morgan fingerprint density at radius 3 is 2.71 bits per heavy atom. The van der Waals surface area contributed by atoms with Crippen molar-refractivity contribution in [3.63, 3.8) is 0 Å². The molecule has 0 bridgehead atoms. The van der Waals surface area contributed by atoms with Crippen LogP contribution in [0.5, 0.6) is 0 Å². The van der Waals surface area contributed by atoms with Crippen molar-refractivity contribution in [3.8, 4) is 0 Å². The number of ether oxygens (including phenoxy) is 1. The Labute approximate surface area is 101 Å². The Kier molecular flexibility index (Phi) is 3.76. The van der Waals surface area contributed by atoms with E-state index in [0.717, 1.165) is 26.1 Å². The van der Waals surface area contributed by atoms with Gasteiger partial charge in [-0.05, 0) is 24.1 Å². The predicted molar refractivity (Wildman–Crippen MR) is 65.7 cm³/mol. The number of benzene rings is 1. The monoisotopic (exact) mass is 234 g/mol. The third-order valence-corrected chi connectivity index (χ3v) is 3.09. The van der Waals surface area contributed by atoms with Gasteiger partial charge in [-0.25, -0.2) is 4.79 Å². The van der Waals surface area contributed by atoms with E-state index in [4.69, 9.17) is 5.73 Å². The van der Waals surface area contributed by atoms with E-state index in [1.165, 1.54) is 12.7 Å². The second-order valence-corrected chi connectivity index (χ2v) is 4.47. The number of nitrogens with zero attached hydrogens (tertiary/aromatic N) is 1. The lowest BCUT2D eigenvalue weighted by atomic mass is 10.1. The van der Waals surface area contributed by atoms with Crippen LogP contribution in [-0.2, 0) is 11.3 Å². The van der Waals surface area contributed by atoms with Crippen LogP contribution in [0.25, 0.3) is 0 Å². The third-order valence-electron chi connectivity index (χ3n) is 3.09. The Morgan fingerprint density at radius 1 is 1.47 bits per heavy atom. The van der Waals surface area contributed by atoms with Crippen LogP contribution in [0.3, 0.4) is 0 Å². The molecular formula is C13H18N2O2. The van der Waals surface area contributed by atoms with Crippen molar-refractivity contribution in [2.75, 3.05) is 20.2 Å². The first-order valence-electron chi connectivity index (χ1n) is 5.84. The summed E-state index contributed by atoms with van der Waals surface area (Å²) in [6, 6.07) is 7.85. The van der Waals surface area contributed by atoms with Gasteiger partial charge in [0.2, 0.25) is 0 Å². The summed E-state index contributed by atoms with van der Waals surface area (Å²) in [6.07, 6.45) is 1.07. The first kappa shape index (κ1) is 12.1. The normalized spacial score (nSPS) is 20.5. The summed E-state index contributed by atoms with van der Waals surface area (Å²) in [7, 11) is 1.39. The molecule has 0 aliphatic carbocycles. The van der Waals surface area contributed by atoms with Crippen LogP contribution >= 0.6 is 0 Å². The molecule has 0 amide bonds. The van der Waals surface area contributed by atoms with Crippen LogP contribution in [0.2, 0.25) is 0 Å². The summed E-state index contributed by atoms with van der Waals surface area (Å²) in [5.74, 6) is -0.292. The summed E-state index contributed by atoms with van der Waals surface area (Å²) < 4.78 is 4.66. The summed E-state index contributed by atoms with van der Waals surface area (Å²) >= 11 is 0. The lowest BCUT2D eigenvalue weighted by molar-refractivity contribution is 0.0600. The van der Waals surface area contributed by atoms with Crippen molar-refractivity contribution in [2.24, 2.45) is 5.73 Å². The molecule has 1 atom stereocenters. The fourth-order valence-corrected chi connectivity index (χ4v) is 2.13. The molecule has 1 heterocycles. The molecule has 1 fully saturated rings. The van der Waals surface area contributed by atoms with E-state index < -0.39 is 0 Å². The number of hydrogen-bond donors (Lipinski definition) is 1. The summed E-state index contributed by atoms with van der Waals surface area (Å²) in [5, 5.41) is 0. The molecule has 17 heavy (non-hydrogen) atoms. The molecule has 1 aliphatic heterocycles. The average molecular weight is 234 g/mol. The lowest BCUT2D eigenvalue weighted by Gasteiger charge is -2.15. The highest BCUT2D eigenvalue weighted by atomic mass is 16.5. The number of carbonyl (C=O) groups excluding carboxylic acids is 1. The van der Waals surface area contributed by atoms with E-state index in [0.29, 0.717) is 11.6 Å². The van der Waals surface area contributed by atoms with Gasteiger partial charge in [0.15, 0.2) is 0 Å². The van der Waals surface area contributed by atoms with Gasteiger partial charge in [-0.15, -0.1) is 0 Å². The first-order chi connectivity index (χ1) is 8.19. The van der Waals surface area contributed by atoms with Crippen LogP contribution in [0.1, 0.15) is 22.3 Å². The molecule has 4 heteroatoms. The summed E-state index contributed by atoms with van der Waals surface area (Å²) in [4.78, 5) is 13.6. The Morgan fingerprint density at radius 2 is 2.18 bits per heavy atom. The zero-order valence-corrected chi connectivity index (χ0v) is 10.1. The molecule has 0 spiro atoms. The maximum Gasteiger partial charge on any atom is 0.337 e. The second kappa shape index (κ2) is 5.29. The van der Waals surface area contributed by atoms with Crippen molar-refractivity contribution in [1.29, 1.82) is 0 Å². The first-order valence-corrected chi connectivity index (χ1v) is 5.84. The summed E-state index contributed by atoms with van der Waals surface area (Å²) in [5.41, 5.74) is 7.65. The molecule has 0 radical (unpaired) electrons. The zero-order chi connectivity index (χ0) is 12.3. The van der Waals surface area contributed by atoms with Crippen LogP contribution in [0.15, 0.2) is 24.3 Å². The van der Waals surface area contributed by atoms with Gasteiger partial charge in [-0.2, -0.15) is 0 Å². The van der Waals surface area contributed by atoms with Gasteiger partial charge in [0, 0.05) is 25.7 Å². The number of hydrogen-bond acceptors (Lipinski definition) is 4. The molecule has 1 aromatic rings. The van der Waals surface area contributed by atoms with E-state index in [1.54, 1.807) is 12.1 Å². The standard InChI is InChI=1S/C13H18N2O2/c1-17-13(16)11-4-2-10(3-5-11)8-15-7-6-12(14)9-15/h2-5,12H,6-9,14H2,1H3. The highest BCUT2D eigenvalue weighted by Gasteiger charge is 2.18. The average Bonchev–Trinajstić information content (AvgIpc) is 2.75. The van der Waals surface area contributed by atoms with E-state index >= 15 is 0 Å². The van der Waals surface area contributed by atoms with Crippen molar-refractivity contribution >= 4 is 5.97 Å². The lowest BCUT2D eigenvalue weighted by Crippen LogP contribution is -2.26. The van der Waals surface area contributed by atoms with Crippen molar-refractivity contribution in [1.82, 2.24) is 4.90 Å². The van der Waals surface area contributed by atoms with Crippen molar-refractivity contribution in [3.05, 3.63) is 35.4 Å². The van der Waals surface area contributed by atoms with Crippen LogP contribution in [0, 0.1) is 0 Å². The van der Waals surface area contributed by atoms with Crippen LogP contribution < -0.4 is 5.73 Å². The fraction of sp³-hybridized carbons (Fsp3) is 0.462. The number of nitrogens with two attached hydrogens (primary N) is 1. The number of rotatable bonds is 3. The topological polar surface area (TPSA) is 55.6 Å². The highest BCUT2D eigenvalue weighted by Crippen LogP contribution is 2.13. The van der Waals surface area contributed by atoms with E-state index in [2.05, 4.69) is 9.64 Å². The SMILES string of the molecule is COC(=O)c1ccc(CN2CCC(N)C2)cc1. The maximum absolute atomic E-state index is 11.3. The molecule has 0 aromatic heterocycles. The Bertz CT molecular complexity index is 389. The van der Waals surface area contributed by atoms with E-state index in [9.17, 15) is 4.79 Å². The molecule has 2 rings (SSSR count). The van der Waals surface area contributed by atoms with Crippen LogP contribution in [0.4, 0.5) is 0 Å². The van der Waals surface area contributed by atoms with Gasteiger partial charge >= 0.3 is 5.97 Å². The Hall–Kier alpha value is -1.39. The van der Waals surface area contributed by atoms with Gasteiger partial charge in [0.25, 0.3) is 0 Å². The quantitative estimate of drug-likeness (QED) is 0.793. The second-order valence-electron chi connectivity index (χ2n) is 4.47. The molecule has 4 nitrogen and oxygen atoms in total. The number of esters is 1. The largest absolute Gasteiger partial charge is 0.465 e. The smallest absolute Gasteiger partial charge is 0.337 e. The maximum atomic E-state index is 11.3. The van der Waals surface area contributed by atoms with Gasteiger partial charge in [-0.3, -0.25) is 4.90 Å². The van der Waals surface area contributed by atoms with Gasteiger partial charge in [-0.1, -0.05) is 12.1 Å². The zero-order valence-electron chi connectivity index (χ0n) is 10.1. The molecule has 0 saturated carbocycles. The number of carbonyl (C=O) groups is 1. The predicted octanol–water partition coefficient (Wildman–Crippen LogP) is 1.01. The summed E-state index contributed by atoms with van der Waals surface area (Å²) in [6.45, 7) is 2.91. The van der Waals surface area contributed by atoms with E-state index in [1.807, 2.05) is 12.1 Å². The van der Waals surface area contributed by atoms with E-state index in [-0.39, 0.29) is 5.97 Å². The number of likely N-dealkylation sites (tertiary alicyclic amines) is 1. The van der Waals surface area contributed by atoms with Crippen molar-refractivity contribution < 1.29 is 9.53 Å².